The first kappa shape index (κ1) is 27.1. The maximum atomic E-state index is 12.4. The smallest absolute Gasteiger partial charge is 0.410 e. The second-order valence-corrected chi connectivity index (χ2v) is 11.0. The quantitative estimate of drug-likeness (QED) is 0.310. The van der Waals surface area contributed by atoms with Crippen molar-refractivity contribution in [2.75, 3.05) is 19.3 Å². The minimum absolute atomic E-state index is 0.117. The summed E-state index contributed by atoms with van der Waals surface area (Å²) in [4.78, 5) is 28.3. The predicted octanol–water partition coefficient (Wildman–Crippen LogP) is 4.17. The fourth-order valence-electron chi connectivity index (χ4n) is 3.86. The molecule has 1 aromatic heterocycles. The van der Waals surface area contributed by atoms with Crippen LogP contribution < -0.4 is 9.57 Å². The average Bonchev–Trinajstić information content (AvgIpc) is 2.92. The lowest BCUT2D eigenvalue weighted by molar-refractivity contribution is 0.0621. The summed E-state index contributed by atoms with van der Waals surface area (Å²) in [5.41, 5.74) is 2.81. The van der Waals surface area contributed by atoms with E-state index in [2.05, 4.69) is 15.1 Å². The van der Waals surface area contributed by atoms with Gasteiger partial charge in [0.1, 0.15) is 19.0 Å². The highest BCUT2D eigenvalue weighted by Gasteiger charge is 2.26. The number of piperidine rings is 1. The average molecular weight is 539 g/mol. The Bertz CT molecular complexity index is 1390. The lowest BCUT2D eigenvalue weighted by Crippen LogP contribution is -2.42. The molecule has 11 heteroatoms. The number of hydrogen-bond acceptors (Lipinski definition) is 9. The van der Waals surface area contributed by atoms with Crippen LogP contribution >= 0.6 is 0 Å². The summed E-state index contributed by atoms with van der Waals surface area (Å²) in [5.74, 6) is 0.648. The summed E-state index contributed by atoms with van der Waals surface area (Å²) in [6.45, 7) is 4.82. The van der Waals surface area contributed by atoms with Crippen molar-refractivity contribution in [1.29, 1.82) is 0 Å². The molecule has 1 saturated heterocycles. The highest BCUT2D eigenvalue weighted by molar-refractivity contribution is 7.90. The summed E-state index contributed by atoms with van der Waals surface area (Å²) in [5, 5.41) is 4.14. The second-order valence-electron chi connectivity index (χ2n) is 9.02. The van der Waals surface area contributed by atoms with Crippen molar-refractivity contribution in [3.8, 4) is 11.8 Å². The zero-order valence-electron chi connectivity index (χ0n) is 21.5. The number of sulfone groups is 1. The number of likely N-dealkylation sites (tertiary alicyclic amines) is 1. The van der Waals surface area contributed by atoms with Gasteiger partial charge in [0.05, 0.1) is 16.2 Å². The number of benzene rings is 2. The molecule has 10 nitrogen and oxygen atoms in total. The molecule has 1 fully saturated rings. The third-order valence-electron chi connectivity index (χ3n) is 6.14. The van der Waals surface area contributed by atoms with Crippen LogP contribution in [0, 0.1) is 6.92 Å². The van der Waals surface area contributed by atoms with Crippen molar-refractivity contribution >= 4 is 21.6 Å². The monoisotopic (exact) mass is 538 g/mol. The van der Waals surface area contributed by atoms with Crippen LogP contribution in [0.3, 0.4) is 0 Å². The fourth-order valence-corrected chi connectivity index (χ4v) is 4.49. The van der Waals surface area contributed by atoms with Gasteiger partial charge in [-0.3, -0.25) is 0 Å². The van der Waals surface area contributed by atoms with E-state index in [1.807, 2.05) is 30.3 Å². The Morgan fingerprint density at radius 3 is 2.34 bits per heavy atom. The Kier molecular flexibility index (Phi) is 8.57. The Morgan fingerprint density at radius 1 is 1.03 bits per heavy atom. The van der Waals surface area contributed by atoms with E-state index in [0.717, 1.165) is 17.4 Å². The van der Waals surface area contributed by atoms with E-state index >= 15 is 0 Å². The van der Waals surface area contributed by atoms with Crippen LogP contribution in [-0.4, -0.2) is 60.5 Å². The summed E-state index contributed by atoms with van der Waals surface area (Å²) in [6.07, 6.45) is 3.34. The normalized spacial score (nSPS) is 14.7. The van der Waals surface area contributed by atoms with Crippen LogP contribution in [0.2, 0.25) is 0 Å². The first-order valence-corrected chi connectivity index (χ1v) is 14.1. The minimum atomic E-state index is -3.27. The molecule has 4 rings (SSSR count). The number of aromatic nitrogens is 2. The molecule has 38 heavy (non-hydrogen) atoms. The van der Waals surface area contributed by atoms with Crippen molar-refractivity contribution in [3.63, 3.8) is 0 Å². The van der Waals surface area contributed by atoms with Crippen molar-refractivity contribution in [2.45, 2.75) is 44.3 Å². The highest BCUT2D eigenvalue weighted by atomic mass is 32.2. The molecular formula is C27H30N4O6S. The Hall–Kier alpha value is -3.99. The topological polar surface area (TPSA) is 120 Å². The first-order valence-electron chi connectivity index (χ1n) is 12.2. The van der Waals surface area contributed by atoms with E-state index in [0.29, 0.717) is 43.1 Å². The summed E-state index contributed by atoms with van der Waals surface area (Å²) in [7, 11) is -3.27. The molecule has 1 aliphatic heterocycles. The van der Waals surface area contributed by atoms with Crippen molar-refractivity contribution in [2.24, 2.45) is 5.16 Å². The molecule has 0 radical (unpaired) electrons. The molecule has 0 atom stereocenters. The van der Waals surface area contributed by atoms with Gasteiger partial charge in [-0.2, -0.15) is 4.98 Å². The lowest BCUT2D eigenvalue weighted by Gasteiger charge is -2.31. The lowest BCUT2D eigenvalue weighted by atomic mass is 10.1. The van der Waals surface area contributed by atoms with Crippen LogP contribution in [0.15, 0.2) is 71.0 Å². The Morgan fingerprint density at radius 2 is 1.68 bits per heavy atom. The summed E-state index contributed by atoms with van der Waals surface area (Å²) in [6, 6.07) is 16.0. The van der Waals surface area contributed by atoms with E-state index < -0.39 is 9.84 Å². The van der Waals surface area contributed by atoms with Gasteiger partial charge in [-0.25, -0.2) is 18.2 Å². The van der Waals surface area contributed by atoms with Crippen LogP contribution in [0.1, 0.15) is 36.5 Å². The number of nitrogens with zero attached hydrogens (tertiary/aromatic N) is 4. The maximum Gasteiger partial charge on any atom is 0.410 e. The first-order chi connectivity index (χ1) is 18.2. The van der Waals surface area contributed by atoms with Gasteiger partial charge in [0.15, 0.2) is 9.84 Å². The number of carbonyl (C=O) groups is 1. The highest BCUT2D eigenvalue weighted by Crippen LogP contribution is 2.26. The van der Waals surface area contributed by atoms with Gasteiger partial charge < -0.3 is 19.2 Å². The molecule has 3 aromatic rings. The van der Waals surface area contributed by atoms with Crippen LogP contribution in [0.5, 0.6) is 11.8 Å². The summed E-state index contributed by atoms with van der Waals surface area (Å²) < 4.78 is 34.8. The van der Waals surface area contributed by atoms with Crippen molar-refractivity contribution < 1.29 is 27.5 Å². The fraction of sp³-hybridized carbons (Fsp3) is 0.333. The van der Waals surface area contributed by atoms with E-state index in [4.69, 9.17) is 14.3 Å². The van der Waals surface area contributed by atoms with E-state index in [9.17, 15) is 13.2 Å². The number of oxime groups is 1. The van der Waals surface area contributed by atoms with Gasteiger partial charge in [-0.15, -0.1) is 0 Å². The molecule has 0 bridgehead atoms. The molecule has 0 unspecified atom stereocenters. The SMILES string of the molecule is CC(=NOc1ncnc(OC2CCN(C(=O)OCc3ccccc3)CC2)c1C)c1ccc(S(C)(=O)=O)cc1. The molecule has 200 valence electrons. The Labute approximate surface area is 222 Å². The van der Waals surface area contributed by atoms with Gasteiger partial charge in [-0.05, 0) is 37.1 Å². The molecule has 0 spiro atoms. The van der Waals surface area contributed by atoms with E-state index in [1.165, 1.54) is 18.5 Å². The molecule has 1 aliphatic rings. The number of amides is 1. The van der Waals surface area contributed by atoms with Crippen LogP contribution in [-0.2, 0) is 21.2 Å². The van der Waals surface area contributed by atoms with Crippen molar-refractivity contribution in [1.82, 2.24) is 14.9 Å². The van der Waals surface area contributed by atoms with Crippen LogP contribution in [0.25, 0.3) is 0 Å². The molecular weight excluding hydrogens is 508 g/mol. The van der Waals surface area contributed by atoms with Crippen LogP contribution in [0.4, 0.5) is 4.79 Å². The van der Waals surface area contributed by atoms with Gasteiger partial charge in [0.2, 0.25) is 5.88 Å². The van der Waals surface area contributed by atoms with Gasteiger partial charge in [-0.1, -0.05) is 47.6 Å². The van der Waals surface area contributed by atoms with Gasteiger partial charge in [0.25, 0.3) is 5.88 Å². The number of hydrogen-bond donors (Lipinski definition) is 0. The van der Waals surface area contributed by atoms with E-state index in [1.54, 1.807) is 30.9 Å². The number of carbonyl (C=O) groups excluding carboxylic acids is 1. The molecule has 1 amide bonds. The molecule has 0 N–H and O–H groups in total. The number of rotatable bonds is 8. The van der Waals surface area contributed by atoms with E-state index in [-0.39, 0.29) is 29.6 Å². The molecule has 0 aliphatic carbocycles. The van der Waals surface area contributed by atoms with Crippen molar-refractivity contribution in [3.05, 3.63) is 77.6 Å². The zero-order chi connectivity index (χ0) is 27.1. The van der Waals surface area contributed by atoms with Gasteiger partial charge >= 0.3 is 6.09 Å². The van der Waals surface area contributed by atoms with Gasteiger partial charge in [0, 0.05) is 32.2 Å². The zero-order valence-corrected chi connectivity index (χ0v) is 22.3. The standard InChI is InChI=1S/C27H30N4O6S/c1-19-25(36-23-13-15-31(16-14-23)27(32)35-17-21-7-5-4-6-8-21)28-18-29-26(19)37-30-20(2)22-9-11-24(12-10-22)38(3,33)34/h4-12,18,23H,13-17H2,1-3H3. The summed E-state index contributed by atoms with van der Waals surface area (Å²) >= 11 is 0. The molecule has 0 saturated carbocycles. The number of ether oxygens (including phenoxy) is 2. The third kappa shape index (κ3) is 7.06. The second kappa shape index (κ2) is 12.0. The largest absolute Gasteiger partial charge is 0.474 e. The third-order valence-corrected chi connectivity index (χ3v) is 7.27. The predicted molar refractivity (Wildman–Crippen MR) is 141 cm³/mol. The minimum Gasteiger partial charge on any atom is -0.474 e. The molecule has 2 heterocycles. The Balaban J connectivity index is 1.30. The molecule has 2 aromatic carbocycles. The maximum absolute atomic E-state index is 12.4.